The highest BCUT2D eigenvalue weighted by atomic mass is 79.9. The number of rotatable bonds is 7. The van der Waals surface area contributed by atoms with Gasteiger partial charge in [-0.2, -0.15) is 0 Å². The van der Waals surface area contributed by atoms with Gasteiger partial charge in [0.2, 0.25) is 10.0 Å². The second kappa shape index (κ2) is 9.94. The molecule has 2 N–H and O–H groups in total. The van der Waals surface area contributed by atoms with E-state index in [2.05, 4.69) is 28.1 Å². The number of carbonyl (C=O) groups excluding carboxylic acids is 1. The van der Waals surface area contributed by atoms with Crippen molar-refractivity contribution < 1.29 is 17.9 Å². The predicted molar refractivity (Wildman–Crippen MR) is 120 cm³/mol. The molecule has 1 aliphatic heterocycles. The molecule has 8 heteroatoms. The minimum atomic E-state index is -3.85. The standard InChI is InChI=1S/C22H27BrN2O4S/c1-2-29-18-7-5-16(6-8-18)3-4-17-11-13-25(14-12-17)22(26)20-15-19(30(24,27)28)9-10-21(20)23/h5-10,15,17H,2-4,11-14H2,1H3,(H2,24,27,28). The van der Waals surface area contributed by atoms with Crippen molar-refractivity contribution in [1.29, 1.82) is 0 Å². The summed E-state index contributed by atoms with van der Waals surface area (Å²) < 4.78 is 29.3. The molecule has 1 saturated heterocycles. The summed E-state index contributed by atoms with van der Waals surface area (Å²) in [5.74, 6) is 1.29. The monoisotopic (exact) mass is 494 g/mol. The van der Waals surface area contributed by atoms with Crippen molar-refractivity contribution >= 4 is 31.9 Å². The summed E-state index contributed by atoms with van der Waals surface area (Å²) in [5.41, 5.74) is 1.62. The van der Waals surface area contributed by atoms with Crippen LogP contribution in [-0.2, 0) is 16.4 Å². The zero-order valence-corrected chi connectivity index (χ0v) is 19.4. The number of nitrogens with two attached hydrogens (primary N) is 1. The van der Waals surface area contributed by atoms with Crippen LogP contribution in [0, 0.1) is 5.92 Å². The fourth-order valence-corrected chi connectivity index (χ4v) is 4.69. The van der Waals surface area contributed by atoms with E-state index in [1.54, 1.807) is 11.0 Å². The summed E-state index contributed by atoms with van der Waals surface area (Å²) >= 11 is 3.35. The molecule has 0 bridgehead atoms. The average molecular weight is 495 g/mol. The van der Waals surface area contributed by atoms with Crippen LogP contribution in [0.1, 0.15) is 42.1 Å². The number of amides is 1. The van der Waals surface area contributed by atoms with Gasteiger partial charge in [0.1, 0.15) is 5.75 Å². The van der Waals surface area contributed by atoms with E-state index in [9.17, 15) is 13.2 Å². The fourth-order valence-electron chi connectivity index (χ4n) is 3.73. The van der Waals surface area contributed by atoms with Crippen LogP contribution in [0.25, 0.3) is 0 Å². The maximum absolute atomic E-state index is 12.9. The largest absolute Gasteiger partial charge is 0.494 e. The maximum atomic E-state index is 12.9. The van der Waals surface area contributed by atoms with Gasteiger partial charge in [-0.05, 0) is 90.4 Å². The van der Waals surface area contributed by atoms with Crippen molar-refractivity contribution in [2.75, 3.05) is 19.7 Å². The number of carbonyl (C=O) groups is 1. The fraction of sp³-hybridized carbons (Fsp3) is 0.409. The summed E-state index contributed by atoms with van der Waals surface area (Å²) in [6, 6.07) is 12.5. The van der Waals surface area contributed by atoms with E-state index in [4.69, 9.17) is 9.88 Å². The number of sulfonamides is 1. The Morgan fingerprint density at radius 2 is 1.83 bits per heavy atom. The van der Waals surface area contributed by atoms with Crippen molar-refractivity contribution in [3.8, 4) is 5.75 Å². The van der Waals surface area contributed by atoms with Gasteiger partial charge in [-0.3, -0.25) is 4.79 Å². The van der Waals surface area contributed by atoms with Crippen molar-refractivity contribution in [1.82, 2.24) is 4.90 Å². The van der Waals surface area contributed by atoms with Gasteiger partial charge in [-0.1, -0.05) is 12.1 Å². The summed E-state index contributed by atoms with van der Waals surface area (Å²) in [5, 5.41) is 5.20. The molecule has 1 heterocycles. The molecule has 6 nitrogen and oxygen atoms in total. The number of likely N-dealkylation sites (tertiary alicyclic amines) is 1. The lowest BCUT2D eigenvalue weighted by Gasteiger charge is -2.32. The Labute approximate surface area is 186 Å². The molecule has 0 atom stereocenters. The van der Waals surface area contributed by atoms with Crippen molar-refractivity contribution in [2.24, 2.45) is 11.1 Å². The SMILES string of the molecule is CCOc1ccc(CCC2CCN(C(=O)c3cc(S(N)(=O)=O)ccc3Br)CC2)cc1. The lowest BCUT2D eigenvalue weighted by Crippen LogP contribution is -2.38. The first-order chi connectivity index (χ1) is 14.3. The van der Waals surface area contributed by atoms with Crippen LogP contribution >= 0.6 is 15.9 Å². The van der Waals surface area contributed by atoms with Gasteiger partial charge in [0.05, 0.1) is 17.1 Å². The molecule has 0 aromatic heterocycles. The van der Waals surface area contributed by atoms with Crippen LogP contribution in [0.3, 0.4) is 0 Å². The highest BCUT2D eigenvalue weighted by Crippen LogP contribution is 2.27. The minimum Gasteiger partial charge on any atom is -0.494 e. The van der Waals surface area contributed by atoms with Gasteiger partial charge in [0, 0.05) is 17.6 Å². The molecule has 0 saturated carbocycles. The lowest BCUT2D eigenvalue weighted by molar-refractivity contribution is 0.0685. The quantitative estimate of drug-likeness (QED) is 0.629. The number of halogens is 1. The van der Waals surface area contributed by atoms with Gasteiger partial charge in [-0.15, -0.1) is 0 Å². The van der Waals surface area contributed by atoms with Gasteiger partial charge >= 0.3 is 0 Å². The molecule has 1 aliphatic rings. The molecule has 0 unspecified atom stereocenters. The molecule has 2 aromatic carbocycles. The molecular weight excluding hydrogens is 468 g/mol. The van der Waals surface area contributed by atoms with Crippen molar-refractivity contribution in [3.05, 3.63) is 58.1 Å². The summed E-state index contributed by atoms with van der Waals surface area (Å²) in [6.45, 7) is 3.97. The number of nitrogens with zero attached hydrogens (tertiary/aromatic N) is 1. The Bertz CT molecular complexity index is 985. The zero-order valence-electron chi connectivity index (χ0n) is 17.0. The number of aryl methyl sites for hydroxylation is 1. The zero-order chi connectivity index (χ0) is 21.7. The topological polar surface area (TPSA) is 89.7 Å². The molecule has 0 aliphatic carbocycles. The molecular formula is C22H27BrN2O4S. The van der Waals surface area contributed by atoms with E-state index >= 15 is 0 Å². The summed E-state index contributed by atoms with van der Waals surface area (Å²) in [6.07, 6.45) is 3.97. The Balaban J connectivity index is 1.54. The predicted octanol–water partition coefficient (Wildman–Crippen LogP) is 3.98. The van der Waals surface area contributed by atoms with E-state index in [1.807, 2.05) is 19.1 Å². The maximum Gasteiger partial charge on any atom is 0.255 e. The first kappa shape index (κ1) is 22.8. The van der Waals surface area contributed by atoms with Gasteiger partial charge in [0.25, 0.3) is 5.91 Å². The Morgan fingerprint density at radius 3 is 2.43 bits per heavy atom. The number of hydrogen-bond acceptors (Lipinski definition) is 4. The summed E-state index contributed by atoms with van der Waals surface area (Å²) in [7, 11) is -3.85. The molecule has 0 radical (unpaired) electrons. The van der Waals surface area contributed by atoms with Gasteiger partial charge < -0.3 is 9.64 Å². The highest BCUT2D eigenvalue weighted by Gasteiger charge is 2.25. The van der Waals surface area contributed by atoms with Crippen LogP contribution in [0.4, 0.5) is 0 Å². The van der Waals surface area contributed by atoms with E-state index in [-0.39, 0.29) is 10.8 Å². The number of primary sulfonamides is 1. The first-order valence-corrected chi connectivity index (χ1v) is 12.4. The highest BCUT2D eigenvalue weighted by molar-refractivity contribution is 9.10. The second-order valence-electron chi connectivity index (χ2n) is 7.54. The number of hydrogen-bond donors (Lipinski definition) is 1. The molecule has 162 valence electrons. The molecule has 3 rings (SSSR count). The number of ether oxygens (including phenoxy) is 1. The average Bonchev–Trinajstić information content (AvgIpc) is 2.73. The molecule has 0 spiro atoms. The Kier molecular flexibility index (Phi) is 7.55. The smallest absolute Gasteiger partial charge is 0.255 e. The van der Waals surface area contributed by atoms with Crippen LogP contribution in [0.5, 0.6) is 5.75 Å². The third-order valence-corrected chi connectivity index (χ3v) is 7.08. The van der Waals surface area contributed by atoms with Crippen molar-refractivity contribution in [2.45, 2.75) is 37.5 Å². The van der Waals surface area contributed by atoms with Crippen molar-refractivity contribution in [3.63, 3.8) is 0 Å². The summed E-state index contributed by atoms with van der Waals surface area (Å²) in [4.78, 5) is 14.7. The number of piperidine rings is 1. The van der Waals surface area contributed by atoms with Crippen LogP contribution < -0.4 is 9.88 Å². The van der Waals surface area contributed by atoms with E-state index in [1.165, 1.54) is 17.7 Å². The molecule has 1 fully saturated rings. The van der Waals surface area contributed by atoms with Crippen LogP contribution in [0.15, 0.2) is 51.8 Å². The van der Waals surface area contributed by atoms with E-state index < -0.39 is 10.0 Å². The van der Waals surface area contributed by atoms with Crippen LogP contribution in [0.2, 0.25) is 0 Å². The Morgan fingerprint density at radius 1 is 1.17 bits per heavy atom. The van der Waals surface area contributed by atoms with Gasteiger partial charge in [-0.25, -0.2) is 13.6 Å². The minimum absolute atomic E-state index is 0.0562. The Hall–Kier alpha value is -1.90. The van der Waals surface area contributed by atoms with E-state index in [0.717, 1.165) is 31.4 Å². The molecule has 30 heavy (non-hydrogen) atoms. The lowest BCUT2D eigenvalue weighted by atomic mass is 9.90. The van der Waals surface area contributed by atoms with Gasteiger partial charge in [0.15, 0.2) is 0 Å². The van der Waals surface area contributed by atoms with E-state index in [0.29, 0.717) is 35.7 Å². The number of benzene rings is 2. The van der Waals surface area contributed by atoms with Crippen LogP contribution in [-0.4, -0.2) is 38.9 Å². The molecule has 1 amide bonds. The second-order valence-corrected chi connectivity index (χ2v) is 9.95. The normalized spacial score (nSPS) is 15.2. The first-order valence-electron chi connectivity index (χ1n) is 10.1. The third kappa shape index (κ3) is 5.83. The third-order valence-electron chi connectivity index (χ3n) is 5.47. The molecule has 2 aromatic rings.